The van der Waals surface area contributed by atoms with Gasteiger partial charge in [-0.25, -0.2) is 9.97 Å². The van der Waals surface area contributed by atoms with Crippen molar-refractivity contribution in [2.75, 3.05) is 49.2 Å². The Balaban J connectivity index is 1.78. The maximum Gasteiger partial charge on any atom is 0.260 e. The van der Waals surface area contributed by atoms with Crippen LogP contribution < -0.4 is 10.2 Å². The number of amides is 1. The molecule has 0 saturated carbocycles. The third kappa shape index (κ3) is 4.95. The second kappa shape index (κ2) is 9.79. The number of aryl methyl sites for hydroxylation is 2. The van der Waals surface area contributed by atoms with Crippen LogP contribution in [-0.2, 0) is 0 Å². The van der Waals surface area contributed by atoms with Gasteiger partial charge in [0.1, 0.15) is 10.9 Å². The van der Waals surface area contributed by atoms with E-state index in [1.165, 1.54) is 17.4 Å². The van der Waals surface area contributed by atoms with E-state index in [4.69, 9.17) is 0 Å². The third-order valence-electron chi connectivity index (χ3n) is 5.65. The monoisotopic (exact) mass is 427 g/mol. The van der Waals surface area contributed by atoms with Crippen molar-refractivity contribution in [2.24, 2.45) is 0 Å². The summed E-state index contributed by atoms with van der Waals surface area (Å²) in [5.41, 5.74) is 4.38. The number of thioether (sulfide) groups is 1. The van der Waals surface area contributed by atoms with Gasteiger partial charge in [0.2, 0.25) is 0 Å². The number of likely N-dealkylation sites (N-methyl/N-ethyl adjacent to an activating group) is 1. The van der Waals surface area contributed by atoms with Gasteiger partial charge in [0, 0.05) is 43.5 Å². The maximum absolute atomic E-state index is 13.1. The van der Waals surface area contributed by atoms with E-state index in [0.717, 1.165) is 60.5 Å². The summed E-state index contributed by atoms with van der Waals surface area (Å²) >= 11 is 1.48. The fraction of sp³-hybridized carbons (Fsp3) is 0.522. The van der Waals surface area contributed by atoms with Gasteiger partial charge < -0.3 is 15.1 Å². The molecule has 0 radical (unpaired) electrons. The van der Waals surface area contributed by atoms with E-state index in [-0.39, 0.29) is 11.8 Å². The highest BCUT2D eigenvalue weighted by molar-refractivity contribution is 7.98. The second-order valence-corrected chi connectivity index (χ2v) is 8.88. The average Bonchev–Trinajstić information content (AvgIpc) is 2.74. The highest BCUT2D eigenvalue weighted by Crippen LogP contribution is 2.27. The molecule has 1 aliphatic rings. The van der Waals surface area contributed by atoms with E-state index < -0.39 is 0 Å². The zero-order valence-electron chi connectivity index (χ0n) is 19.0. The smallest absolute Gasteiger partial charge is 0.260 e. The topological polar surface area (TPSA) is 61.4 Å². The summed E-state index contributed by atoms with van der Waals surface area (Å²) in [5.74, 6) is 0.845. The molecular formula is C23H33N5OS. The number of hydrogen-bond acceptors (Lipinski definition) is 6. The van der Waals surface area contributed by atoms with Crippen LogP contribution in [0.4, 0.5) is 11.4 Å². The lowest BCUT2D eigenvalue weighted by molar-refractivity contribution is 0.102. The summed E-state index contributed by atoms with van der Waals surface area (Å²) in [6, 6.07) is 6.27. The van der Waals surface area contributed by atoms with Crippen LogP contribution >= 0.6 is 11.8 Å². The third-order valence-corrected chi connectivity index (χ3v) is 6.34. The van der Waals surface area contributed by atoms with E-state index in [1.54, 1.807) is 0 Å². The van der Waals surface area contributed by atoms with Crippen LogP contribution in [0, 0.1) is 13.8 Å². The quantitative estimate of drug-likeness (QED) is 0.547. The lowest BCUT2D eigenvalue weighted by Gasteiger charge is -2.35. The van der Waals surface area contributed by atoms with Gasteiger partial charge in [0.05, 0.1) is 11.3 Å². The Morgan fingerprint density at radius 1 is 1.17 bits per heavy atom. The number of piperazine rings is 1. The Kier molecular flexibility index (Phi) is 7.36. The predicted molar refractivity (Wildman–Crippen MR) is 126 cm³/mol. The van der Waals surface area contributed by atoms with E-state index in [9.17, 15) is 4.79 Å². The Morgan fingerprint density at radius 3 is 2.43 bits per heavy atom. The van der Waals surface area contributed by atoms with Crippen molar-refractivity contribution in [3.8, 4) is 0 Å². The molecule has 1 aliphatic heterocycles. The lowest BCUT2D eigenvalue weighted by atomic mass is 10.1. The lowest BCUT2D eigenvalue weighted by Crippen LogP contribution is -2.46. The van der Waals surface area contributed by atoms with Crippen molar-refractivity contribution in [2.45, 2.75) is 45.6 Å². The van der Waals surface area contributed by atoms with Crippen molar-refractivity contribution in [3.05, 3.63) is 40.8 Å². The van der Waals surface area contributed by atoms with E-state index >= 15 is 0 Å². The number of benzene rings is 1. The van der Waals surface area contributed by atoms with Crippen LogP contribution in [0.15, 0.2) is 23.2 Å². The number of carbonyl (C=O) groups excluding carboxylic acids is 1. The molecular weight excluding hydrogens is 394 g/mol. The van der Waals surface area contributed by atoms with Crippen LogP contribution in [0.3, 0.4) is 0 Å². The van der Waals surface area contributed by atoms with Crippen LogP contribution in [0.2, 0.25) is 0 Å². The maximum atomic E-state index is 13.1. The minimum atomic E-state index is -0.153. The first-order valence-corrected chi connectivity index (χ1v) is 11.9. The van der Waals surface area contributed by atoms with Crippen molar-refractivity contribution < 1.29 is 4.79 Å². The summed E-state index contributed by atoms with van der Waals surface area (Å²) in [7, 11) is 0. The number of nitrogens with zero attached hydrogens (tertiary/aromatic N) is 4. The minimum absolute atomic E-state index is 0.153. The number of aromatic nitrogens is 2. The zero-order chi connectivity index (χ0) is 21.8. The van der Waals surface area contributed by atoms with Crippen molar-refractivity contribution in [3.63, 3.8) is 0 Å². The SMILES string of the molecule is CCN1CCN(c2ccc(NC(=O)c3c(C)nc(C(C)C)nc3SC)c(C)c2)CC1. The molecule has 0 bridgehead atoms. The van der Waals surface area contributed by atoms with Gasteiger partial charge in [-0.15, -0.1) is 11.8 Å². The second-order valence-electron chi connectivity index (χ2n) is 8.08. The summed E-state index contributed by atoms with van der Waals surface area (Å²) in [6.45, 7) is 15.6. The van der Waals surface area contributed by atoms with Gasteiger partial charge in [-0.3, -0.25) is 4.79 Å². The number of nitrogens with one attached hydrogen (secondary N) is 1. The first kappa shape index (κ1) is 22.6. The van der Waals surface area contributed by atoms with Gasteiger partial charge >= 0.3 is 0 Å². The van der Waals surface area contributed by atoms with Crippen LogP contribution in [0.25, 0.3) is 0 Å². The molecule has 2 heterocycles. The molecule has 0 atom stereocenters. The first-order valence-electron chi connectivity index (χ1n) is 10.7. The highest BCUT2D eigenvalue weighted by Gasteiger charge is 2.21. The molecule has 1 aromatic heterocycles. The number of carbonyl (C=O) groups is 1. The molecule has 1 saturated heterocycles. The molecule has 0 aliphatic carbocycles. The van der Waals surface area contributed by atoms with Gasteiger partial charge in [0.25, 0.3) is 5.91 Å². The number of hydrogen-bond donors (Lipinski definition) is 1. The predicted octanol–water partition coefficient (Wildman–Crippen LogP) is 4.33. The van der Waals surface area contributed by atoms with Crippen LogP contribution in [0.5, 0.6) is 0 Å². The fourth-order valence-corrected chi connectivity index (χ4v) is 4.36. The van der Waals surface area contributed by atoms with E-state index in [2.05, 4.69) is 58.0 Å². The minimum Gasteiger partial charge on any atom is -0.369 e. The molecule has 2 aromatic rings. The fourth-order valence-electron chi connectivity index (χ4n) is 3.73. The van der Waals surface area contributed by atoms with Gasteiger partial charge in [-0.2, -0.15) is 0 Å². The molecule has 30 heavy (non-hydrogen) atoms. The molecule has 0 unspecified atom stereocenters. The van der Waals surface area contributed by atoms with E-state index in [1.807, 2.05) is 26.2 Å². The number of anilines is 2. The molecule has 1 fully saturated rings. The highest BCUT2D eigenvalue weighted by atomic mass is 32.2. The Bertz CT molecular complexity index is 907. The molecule has 6 nitrogen and oxygen atoms in total. The van der Waals surface area contributed by atoms with Crippen molar-refractivity contribution >= 4 is 29.0 Å². The molecule has 3 rings (SSSR count). The molecule has 162 valence electrons. The summed E-state index contributed by atoms with van der Waals surface area (Å²) in [6.07, 6.45) is 1.95. The molecule has 1 N–H and O–H groups in total. The van der Waals surface area contributed by atoms with Crippen LogP contribution in [-0.4, -0.2) is 59.8 Å². The first-order chi connectivity index (χ1) is 14.3. The van der Waals surface area contributed by atoms with Crippen LogP contribution in [0.1, 0.15) is 54.1 Å². The van der Waals surface area contributed by atoms with Crippen molar-refractivity contribution in [1.29, 1.82) is 0 Å². The van der Waals surface area contributed by atoms with Gasteiger partial charge in [-0.1, -0.05) is 20.8 Å². The van der Waals surface area contributed by atoms with Gasteiger partial charge in [-0.05, 0) is 50.4 Å². The average molecular weight is 428 g/mol. The molecule has 1 aromatic carbocycles. The number of rotatable bonds is 6. The molecule has 0 spiro atoms. The Hall–Kier alpha value is -2.12. The summed E-state index contributed by atoms with van der Waals surface area (Å²) < 4.78 is 0. The van der Waals surface area contributed by atoms with Gasteiger partial charge in [0.15, 0.2) is 0 Å². The largest absolute Gasteiger partial charge is 0.369 e. The standard InChI is InChI=1S/C23H33N5OS/c1-7-27-10-12-28(13-11-27)18-8-9-19(16(4)14-18)25-22(29)20-17(5)24-21(15(2)3)26-23(20)30-6/h8-9,14-15H,7,10-13H2,1-6H3,(H,25,29). The Labute approximate surface area is 184 Å². The molecule has 1 amide bonds. The molecule has 7 heteroatoms. The Morgan fingerprint density at radius 2 is 1.87 bits per heavy atom. The summed E-state index contributed by atoms with van der Waals surface area (Å²) in [4.78, 5) is 27.1. The zero-order valence-corrected chi connectivity index (χ0v) is 19.8. The van der Waals surface area contributed by atoms with E-state index in [0.29, 0.717) is 5.56 Å². The normalized spacial score (nSPS) is 15.0. The summed E-state index contributed by atoms with van der Waals surface area (Å²) in [5, 5.41) is 3.81. The van der Waals surface area contributed by atoms with Crippen molar-refractivity contribution in [1.82, 2.24) is 14.9 Å².